The van der Waals surface area contributed by atoms with Crippen LogP contribution in [0.15, 0.2) is 30.3 Å². The first-order chi connectivity index (χ1) is 7.43. The fourth-order valence-corrected chi connectivity index (χ4v) is 0.846. The van der Waals surface area contributed by atoms with Crippen molar-refractivity contribution in [3.8, 4) is 0 Å². The molecule has 0 spiro atoms. The van der Waals surface area contributed by atoms with Crippen molar-refractivity contribution in [3.63, 3.8) is 0 Å². The predicted octanol–water partition coefficient (Wildman–Crippen LogP) is -3.14. The quantitative estimate of drug-likeness (QED) is 0.489. The van der Waals surface area contributed by atoms with Crippen molar-refractivity contribution in [2.75, 3.05) is 5.32 Å². The molecule has 0 saturated heterocycles. The molecule has 0 unspecified atom stereocenters. The summed E-state index contributed by atoms with van der Waals surface area (Å²) in [6.07, 6.45) is -1.58. The van der Waals surface area contributed by atoms with Gasteiger partial charge in [-0.1, -0.05) is 18.2 Å². The molecule has 0 radical (unpaired) electrons. The molecule has 7 heteroatoms. The van der Waals surface area contributed by atoms with Gasteiger partial charge in [0, 0.05) is 5.69 Å². The van der Waals surface area contributed by atoms with Gasteiger partial charge < -0.3 is 26.1 Å². The largest absolute Gasteiger partial charge is 1.00 e. The summed E-state index contributed by atoms with van der Waals surface area (Å²) in [4.78, 5) is 19.1. The number of carbonyl (C=O) groups is 2. The van der Waals surface area contributed by atoms with E-state index in [-0.39, 0.29) is 29.6 Å². The molecule has 6 nitrogen and oxygen atoms in total. The summed E-state index contributed by atoms with van der Waals surface area (Å²) in [5.41, 5.74) is 4.74. The molecule has 17 heavy (non-hydrogen) atoms. The molecule has 0 aromatic heterocycles. The third-order valence-corrected chi connectivity index (χ3v) is 1.53. The Morgan fingerprint density at radius 1 is 1.35 bits per heavy atom. The van der Waals surface area contributed by atoms with Crippen LogP contribution >= 0.6 is 0 Å². The Morgan fingerprint density at radius 2 is 1.76 bits per heavy atom. The van der Waals surface area contributed by atoms with Gasteiger partial charge in [0.15, 0.2) is 0 Å². The van der Waals surface area contributed by atoms with Gasteiger partial charge in [-0.25, -0.2) is 0 Å². The van der Waals surface area contributed by atoms with E-state index in [2.05, 4.69) is 11.1 Å². The molecule has 0 bridgehead atoms. The number of rotatable bonds is 3. The van der Waals surface area contributed by atoms with Crippen LogP contribution in [0.2, 0.25) is 0 Å². The Bertz CT molecular complexity index is 341. The van der Waals surface area contributed by atoms with Gasteiger partial charge in [0.05, 0.1) is 0 Å². The normalized spacial score (nSPS) is 9.94. The minimum absolute atomic E-state index is 0. The molecule has 1 aromatic rings. The average molecular weight is 248 g/mol. The zero-order chi connectivity index (χ0) is 12.6. The number of hydrogen-bond donors (Lipinski definition) is 3. The maximum atomic E-state index is 10.4. The van der Waals surface area contributed by atoms with E-state index < -0.39 is 18.1 Å². The summed E-state index contributed by atoms with van der Waals surface area (Å²) >= 11 is 0. The third kappa shape index (κ3) is 11.0. The molecule has 1 atom stereocenters. The zero-order valence-corrected chi connectivity index (χ0v) is 11.7. The van der Waals surface area contributed by atoms with Gasteiger partial charge in [-0.2, -0.15) is 0 Å². The molecule has 88 valence electrons. The Labute approximate surface area is 121 Å². The van der Waals surface area contributed by atoms with Crippen LogP contribution in [0.1, 0.15) is 6.92 Å². The van der Waals surface area contributed by atoms with Gasteiger partial charge in [-0.3, -0.25) is 4.79 Å². The number of nitrogens with two attached hydrogens (primary N) is 1. The summed E-state index contributed by atoms with van der Waals surface area (Å²) < 4.78 is 0. The third-order valence-electron chi connectivity index (χ3n) is 1.53. The van der Waals surface area contributed by atoms with E-state index in [1.807, 2.05) is 30.3 Å². The molecule has 0 fully saturated rings. The zero-order valence-electron chi connectivity index (χ0n) is 9.71. The Morgan fingerprint density at radius 3 is 2.12 bits per heavy atom. The van der Waals surface area contributed by atoms with Crippen LogP contribution in [0.4, 0.5) is 10.5 Å². The number of carbonyl (C=O) groups excluding carboxylic acids is 1. The molecule has 0 heterocycles. The van der Waals surface area contributed by atoms with Crippen molar-refractivity contribution in [2.45, 2.75) is 13.0 Å². The van der Waals surface area contributed by atoms with Gasteiger partial charge in [0.1, 0.15) is 12.1 Å². The Hall–Kier alpha value is -1.24. The molecule has 1 aromatic carbocycles. The first-order valence-electron chi connectivity index (χ1n) is 4.44. The number of nitrogens with one attached hydrogen (secondary N) is 1. The van der Waals surface area contributed by atoms with E-state index in [1.165, 1.54) is 0 Å². The van der Waals surface area contributed by atoms with Crippen LogP contribution in [-0.2, 0) is 4.79 Å². The van der Waals surface area contributed by atoms with E-state index >= 15 is 0 Å². The second-order valence-corrected chi connectivity index (χ2v) is 2.89. The Balaban J connectivity index is 0. The first-order valence-corrected chi connectivity index (χ1v) is 4.44. The van der Waals surface area contributed by atoms with E-state index in [4.69, 9.17) is 15.0 Å². The molecule has 4 N–H and O–H groups in total. The number of carboxylic acids is 1. The minimum Gasteiger partial charge on any atom is -0.530 e. The molecular weight excluding hydrogens is 235 g/mol. The number of aliphatic carboxylic acids is 1. The van der Waals surface area contributed by atoms with Gasteiger partial charge in [-0.15, -0.1) is 0 Å². The van der Waals surface area contributed by atoms with Crippen molar-refractivity contribution in [1.82, 2.24) is 0 Å². The fourth-order valence-electron chi connectivity index (χ4n) is 0.846. The molecule has 1 amide bonds. The van der Waals surface area contributed by atoms with Crippen molar-refractivity contribution < 1.29 is 49.4 Å². The van der Waals surface area contributed by atoms with E-state index in [1.54, 1.807) is 6.92 Å². The molecule has 0 aliphatic heterocycles. The average Bonchev–Trinajstić information content (AvgIpc) is 2.18. The van der Waals surface area contributed by atoms with Crippen LogP contribution in [0, 0.1) is 0 Å². The van der Waals surface area contributed by atoms with E-state index in [9.17, 15) is 4.79 Å². The molecule has 1 rings (SSSR count). The van der Waals surface area contributed by atoms with Gasteiger partial charge in [0.25, 0.3) is 0 Å². The van der Waals surface area contributed by atoms with Gasteiger partial charge >= 0.3 is 35.5 Å². The number of carboxylic acid groups (broad SMARTS) is 2. The standard InChI is InChI=1S/C9H11NO2.CH3NO2.Na/c1-7(9(11)12)10-8-5-3-2-4-6-8;2-1(3)4;/h2-7,10H,1H3,(H,11,12);2H2,(H,3,4);/q;;+1/p-1/t7-;;/m0../s1. The summed E-state index contributed by atoms with van der Waals surface area (Å²) in [7, 11) is 0. The van der Waals surface area contributed by atoms with Gasteiger partial charge in [0.2, 0.25) is 0 Å². The Kier molecular flexibility index (Phi) is 10.6. The molecule has 0 saturated carbocycles. The topological polar surface area (TPSA) is 115 Å². The maximum Gasteiger partial charge on any atom is 1.00 e. The second kappa shape index (κ2) is 9.95. The number of benzene rings is 1. The van der Waals surface area contributed by atoms with Crippen molar-refractivity contribution in [1.29, 1.82) is 0 Å². The fraction of sp³-hybridized carbons (Fsp3) is 0.200. The summed E-state index contributed by atoms with van der Waals surface area (Å²) in [5.74, 6) is -0.848. The van der Waals surface area contributed by atoms with Crippen LogP contribution in [0.5, 0.6) is 0 Å². The minimum atomic E-state index is -1.58. The van der Waals surface area contributed by atoms with Gasteiger partial charge in [-0.05, 0) is 19.1 Å². The summed E-state index contributed by atoms with van der Waals surface area (Å²) in [6, 6.07) is 8.72. The number of primary amides is 1. The number of para-hydroxylation sites is 1. The summed E-state index contributed by atoms with van der Waals surface area (Å²) in [5, 5.41) is 20.1. The van der Waals surface area contributed by atoms with Crippen LogP contribution < -0.4 is 45.7 Å². The predicted molar refractivity (Wildman–Crippen MR) is 56.7 cm³/mol. The van der Waals surface area contributed by atoms with Crippen molar-refractivity contribution in [2.24, 2.45) is 5.73 Å². The maximum absolute atomic E-state index is 10.4. The number of anilines is 1. The SMILES string of the molecule is C[C@H](Nc1ccccc1)C(=O)O.NC(=O)[O-].[Na+]. The van der Waals surface area contributed by atoms with Crippen molar-refractivity contribution >= 4 is 17.7 Å². The first kappa shape index (κ1) is 18.1. The second-order valence-electron chi connectivity index (χ2n) is 2.89. The number of hydrogen-bond acceptors (Lipinski definition) is 4. The van der Waals surface area contributed by atoms with E-state index in [0.29, 0.717) is 0 Å². The molecular formula is C10H13N2NaO4. The summed E-state index contributed by atoms with van der Waals surface area (Å²) in [6.45, 7) is 1.61. The van der Waals surface area contributed by atoms with E-state index in [0.717, 1.165) is 5.69 Å². The molecule has 0 aliphatic rings. The number of amides is 1. The van der Waals surface area contributed by atoms with Crippen LogP contribution in [0.3, 0.4) is 0 Å². The smallest absolute Gasteiger partial charge is 0.530 e. The molecule has 0 aliphatic carbocycles. The van der Waals surface area contributed by atoms with Crippen molar-refractivity contribution in [3.05, 3.63) is 30.3 Å². The van der Waals surface area contributed by atoms with Crippen LogP contribution in [0.25, 0.3) is 0 Å². The van der Waals surface area contributed by atoms with Crippen LogP contribution in [-0.4, -0.2) is 23.2 Å². The monoisotopic (exact) mass is 248 g/mol.